The normalized spacial score (nSPS) is 23.6. The summed E-state index contributed by atoms with van der Waals surface area (Å²) in [7, 11) is 0. The average molecular weight is 251 g/mol. The standard InChI is InChI=1S/C12H21N5O/c1-7(2)10-15-11(13)17-12(16-10)14-6-9-4-5-18-8(9)3/h7-9H,4-6H2,1-3H3,(H3,13,14,15,16,17). The van der Waals surface area contributed by atoms with E-state index in [1.165, 1.54) is 0 Å². The molecule has 1 aromatic rings. The molecule has 0 amide bonds. The van der Waals surface area contributed by atoms with Gasteiger partial charge in [-0.1, -0.05) is 13.8 Å². The van der Waals surface area contributed by atoms with Crippen molar-refractivity contribution < 1.29 is 4.74 Å². The van der Waals surface area contributed by atoms with Crippen LogP contribution in [0.5, 0.6) is 0 Å². The SMILES string of the molecule is CC(C)c1nc(N)nc(NCC2CCOC2C)n1. The van der Waals surface area contributed by atoms with Crippen LogP contribution in [0.15, 0.2) is 0 Å². The van der Waals surface area contributed by atoms with Gasteiger partial charge in [0, 0.05) is 25.0 Å². The molecule has 100 valence electrons. The Kier molecular flexibility index (Phi) is 3.96. The predicted molar refractivity (Wildman–Crippen MR) is 70.3 cm³/mol. The van der Waals surface area contributed by atoms with Crippen molar-refractivity contribution in [1.29, 1.82) is 0 Å². The highest BCUT2D eigenvalue weighted by molar-refractivity contribution is 5.31. The minimum absolute atomic E-state index is 0.240. The topological polar surface area (TPSA) is 86.0 Å². The van der Waals surface area contributed by atoms with Gasteiger partial charge in [-0.2, -0.15) is 15.0 Å². The van der Waals surface area contributed by atoms with Crippen molar-refractivity contribution in [3.63, 3.8) is 0 Å². The molecule has 2 heterocycles. The first-order chi connectivity index (χ1) is 8.56. The molecule has 0 saturated carbocycles. The number of nitrogens with one attached hydrogen (secondary N) is 1. The largest absolute Gasteiger partial charge is 0.378 e. The molecular formula is C12H21N5O. The lowest BCUT2D eigenvalue weighted by Crippen LogP contribution is -2.22. The number of rotatable bonds is 4. The lowest BCUT2D eigenvalue weighted by molar-refractivity contribution is 0.108. The van der Waals surface area contributed by atoms with Crippen LogP contribution < -0.4 is 11.1 Å². The number of aromatic nitrogens is 3. The second kappa shape index (κ2) is 5.48. The smallest absolute Gasteiger partial charge is 0.227 e. The molecule has 0 spiro atoms. The van der Waals surface area contributed by atoms with Gasteiger partial charge in [0.25, 0.3) is 0 Å². The number of hydrogen-bond donors (Lipinski definition) is 2. The van der Waals surface area contributed by atoms with Gasteiger partial charge in [-0.15, -0.1) is 0 Å². The summed E-state index contributed by atoms with van der Waals surface area (Å²) in [6.45, 7) is 7.81. The molecule has 0 bridgehead atoms. The maximum Gasteiger partial charge on any atom is 0.227 e. The quantitative estimate of drug-likeness (QED) is 0.841. The Bertz CT molecular complexity index is 409. The molecule has 1 fully saturated rings. The summed E-state index contributed by atoms with van der Waals surface area (Å²) in [5.41, 5.74) is 5.68. The summed E-state index contributed by atoms with van der Waals surface area (Å²) in [6, 6.07) is 0. The number of nitrogens with two attached hydrogens (primary N) is 1. The van der Waals surface area contributed by atoms with Crippen LogP contribution >= 0.6 is 0 Å². The molecule has 6 heteroatoms. The molecule has 2 atom stereocenters. The zero-order valence-corrected chi connectivity index (χ0v) is 11.2. The van der Waals surface area contributed by atoms with Crippen molar-refractivity contribution in [3.8, 4) is 0 Å². The molecule has 2 rings (SSSR count). The van der Waals surface area contributed by atoms with Crippen LogP contribution in [0.3, 0.4) is 0 Å². The Morgan fingerprint density at radius 3 is 2.78 bits per heavy atom. The van der Waals surface area contributed by atoms with Gasteiger partial charge in [-0.25, -0.2) is 0 Å². The average Bonchev–Trinajstić information content (AvgIpc) is 2.71. The fraction of sp³-hybridized carbons (Fsp3) is 0.750. The second-order valence-corrected chi connectivity index (χ2v) is 5.04. The lowest BCUT2D eigenvalue weighted by Gasteiger charge is -2.15. The van der Waals surface area contributed by atoms with E-state index >= 15 is 0 Å². The first kappa shape index (κ1) is 13.0. The van der Waals surface area contributed by atoms with Crippen molar-refractivity contribution in [2.45, 2.75) is 39.2 Å². The third-order valence-corrected chi connectivity index (χ3v) is 3.24. The summed E-state index contributed by atoms with van der Waals surface area (Å²) in [4.78, 5) is 12.6. The van der Waals surface area contributed by atoms with E-state index in [-0.39, 0.29) is 11.9 Å². The summed E-state index contributed by atoms with van der Waals surface area (Å²) in [6.07, 6.45) is 1.37. The number of nitrogens with zero attached hydrogens (tertiary/aromatic N) is 3. The zero-order valence-electron chi connectivity index (χ0n) is 11.2. The molecule has 0 aliphatic carbocycles. The molecule has 0 aromatic carbocycles. The van der Waals surface area contributed by atoms with E-state index in [0.29, 0.717) is 18.0 Å². The van der Waals surface area contributed by atoms with Crippen LogP contribution in [0.2, 0.25) is 0 Å². The molecule has 1 aliphatic heterocycles. The van der Waals surface area contributed by atoms with Crippen LogP contribution in [-0.4, -0.2) is 34.2 Å². The highest BCUT2D eigenvalue weighted by Crippen LogP contribution is 2.20. The van der Waals surface area contributed by atoms with Crippen LogP contribution in [0.1, 0.15) is 38.9 Å². The fourth-order valence-electron chi connectivity index (χ4n) is 2.01. The molecule has 18 heavy (non-hydrogen) atoms. The molecule has 3 N–H and O–H groups in total. The van der Waals surface area contributed by atoms with Crippen molar-refractivity contribution in [2.24, 2.45) is 5.92 Å². The molecule has 1 aromatic heterocycles. The van der Waals surface area contributed by atoms with Gasteiger partial charge in [0.2, 0.25) is 11.9 Å². The van der Waals surface area contributed by atoms with E-state index < -0.39 is 0 Å². The third kappa shape index (κ3) is 3.07. The van der Waals surface area contributed by atoms with Gasteiger partial charge < -0.3 is 15.8 Å². The fourth-order valence-corrected chi connectivity index (χ4v) is 2.01. The third-order valence-electron chi connectivity index (χ3n) is 3.24. The highest BCUT2D eigenvalue weighted by atomic mass is 16.5. The van der Waals surface area contributed by atoms with E-state index in [1.807, 2.05) is 13.8 Å². The number of ether oxygens (including phenoxy) is 1. The predicted octanol–water partition coefficient (Wildman–Crippen LogP) is 1.41. The number of hydrogen-bond acceptors (Lipinski definition) is 6. The van der Waals surface area contributed by atoms with E-state index in [1.54, 1.807) is 0 Å². The first-order valence-electron chi connectivity index (χ1n) is 6.43. The first-order valence-corrected chi connectivity index (χ1v) is 6.43. The van der Waals surface area contributed by atoms with Gasteiger partial charge in [-0.3, -0.25) is 0 Å². The lowest BCUT2D eigenvalue weighted by atomic mass is 10.0. The van der Waals surface area contributed by atoms with Gasteiger partial charge in [0.1, 0.15) is 5.82 Å². The van der Waals surface area contributed by atoms with Crippen molar-refractivity contribution in [3.05, 3.63) is 5.82 Å². The summed E-state index contributed by atoms with van der Waals surface area (Å²) in [5, 5.41) is 3.23. The van der Waals surface area contributed by atoms with E-state index in [0.717, 1.165) is 25.4 Å². The Morgan fingerprint density at radius 1 is 1.39 bits per heavy atom. The van der Waals surface area contributed by atoms with E-state index in [4.69, 9.17) is 10.5 Å². The Labute approximate surface area is 107 Å². The van der Waals surface area contributed by atoms with Gasteiger partial charge in [-0.05, 0) is 13.3 Å². The molecule has 1 aliphatic rings. The van der Waals surface area contributed by atoms with Gasteiger partial charge in [0.05, 0.1) is 6.10 Å². The summed E-state index contributed by atoms with van der Waals surface area (Å²) in [5.74, 6) is 2.30. The Hall–Kier alpha value is -1.43. The monoisotopic (exact) mass is 251 g/mol. The minimum Gasteiger partial charge on any atom is -0.378 e. The summed E-state index contributed by atoms with van der Waals surface area (Å²) < 4.78 is 5.52. The molecule has 1 saturated heterocycles. The zero-order chi connectivity index (χ0) is 13.1. The van der Waals surface area contributed by atoms with Crippen molar-refractivity contribution >= 4 is 11.9 Å². The van der Waals surface area contributed by atoms with E-state index in [2.05, 4.69) is 27.2 Å². The molecule has 6 nitrogen and oxygen atoms in total. The van der Waals surface area contributed by atoms with E-state index in [9.17, 15) is 0 Å². The number of anilines is 2. The number of nitrogen functional groups attached to an aromatic ring is 1. The second-order valence-electron chi connectivity index (χ2n) is 5.04. The van der Waals surface area contributed by atoms with Crippen LogP contribution in [0.25, 0.3) is 0 Å². The van der Waals surface area contributed by atoms with Crippen LogP contribution in [0.4, 0.5) is 11.9 Å². The van der Waals surface area contributed by atoms with Gasteiger partial charge in [0.15, 0.2) is 0 Å². The highest BCUT2D eigenvalue weighted by Gasteiger charge is 2.24. The molecule has 0 radical (unpaired) electrons. The Balaban J connectivity index is 2.00. The van der Waals surface area contributed by atoms with Crippen LogP contribution in [-0.2, 0) is 4.74 Å². The maximum atomic E-state index is 5.68. The maximum absolute atomic E-state index is 5.68. The minimum atomic E-state index is 0.240. The van der Waals surface area contributed by atoms with Crippen molar-refractivity contribution in [2.75, 3.05) is 24.2 Å². The molecular weight excluding hydrogens is 230 g/mol. The van der Waals surface area contributed by atoms with Gasteiger partial charge >= 0.3 is 0 Å². The van der Waals surface area contributed by atoms with Crippen molar-refractivity contribution in [1.82, 2.24) is 15.0 Å². The molecule has 2 unspecified atom stereocenters. The summed E-state index contributed by atoms with van der Waals surface area (Å²) >= 11 is 0. The van der Waals surface area contributed by atoms with Crippen LogP contribution in [0, 0.1) is 5.92 Å². The Morgan fingerprint density at radius 2 is 2.17 bits per heavy atom.